The molecule has 0 aromatic heterocycles. The van der Waals surface area contributed by atoms with Gasteiger partial charge >= 0.3 is 0 Å². The van der Waals surface area contributed by atoms with Gasteiger partial charge in [0, 0.05) is 12.6 Å². The predicted octanol–water partition coefficient (Wildman–Crippen LogP) is 3.02. The summed E-state index contributed by atoms with van der Waals surface area (Å²) < 4.78 is 5.67. The lowest BCUT2D eigenvalue weighted by Gasteiger charge is -2.21. The summed E-state index contributed by atoms with van der Waals surface area (Å²) in [5.74, 6) is 0. The molecule has 0 aliphatic rings. The quantitative estimate of drug-likeness (QED) is 0.765. The number of hydrogen-bond acceptors (Lipinski definition) is 2. The molecule has 1 N–H and O–H groups in total. The molecule has 0 saturated heterocycles. The zero-order valence-electron chi connectivity index (χ0n) is 11.5. The molecule has 0 aliphatic heterocycles. The first-order chi connectivity index (χ1) is 7.97. The van der Waals surface area contributed by atoms with E-state index in [0.29, 0.717) is 6.04 Å². The molecule has 2 nitrogen and oxygen atoms in total. The molecule has 1 atom stereocenters. The van der Waals surface area contributed by atoms with Crippen molar-refractivity contribution in [3.63, 3.8) is 0 Å². The Morgan fingerprint density at radius 1 is 1.18 bits per heavy atom. The van der Waals surface area contributed by atoms with Crippen molar-refractivity contribution < 1.29 is 4.74 Å². The Bertz CT molecular complexity index is 302. The van der Waals surface area contributed by atoms with Crippen molar-refractivity contribution in [2.75, 3.05) is 13.2 Å². The van der Waals surface area contributed by atoms with Crippen LogP contribution in [0.25, 0.3) is 0 Å². The van der Waals surface area contributed by atoms with Gasteiger partial charge in [-0.3, -0.25) is 0 Å². The van der Waals surface area contributed by atoms with E-state index in [2.05, 4.69) is 63.3 Å². The SMILES string of the molecule is CC(Cc1ccccc1)NCCOC(C)(C)C. The highest BCUT2D eigenvalue weighted by atomic mass is 16.5. The summed E-state index contributed by atoms with van der Waals surface area (Å²) in [7, 11) is 0. The monoisotopic (exact) mass is 235 g/mol. The highest BCUT2D eigenvalue weighted by molar-refractivity contribution is 5.15. The molecule has 0 aliphatic carbocycles. The van der Waals surface area contributed by atoms with E-state index < -0.39 is 0 Å². The van der Waals surface area contributed by atoms with Crippen molar-refractivity contribution in [1.82, 2.24) is 5.32 Å². The van der Waals surface area contributed by atoms with E-state index in [1.54, 1.807) is 0 Å². The molecule has 1 aromatic carbocycles. The molecule has 0 radical (unpaired) electrons. The van der Waals surface area contributed by atoms with Crippen LogP contribution in [0.2, 0.25) is 0 Å². The van der Waals surface area contributed by atoms with E-state index in [0.717, 1.165) is 19.6 Å². The van der Waals surface area contributed by atoms with E-state index in [4.69, 9.17) is 4.74 Å². The molecular weight excluding hydrogens is 210 g/mol. The second-order valence-corrected chi connectivity index (χ2v) is 5.51. The summed E-state index contributed by atoms with van der Waals surface area (Å²) in [6, 6.07) is 11.1. The standard InChI is InChI=1S/C15H25NO/c1-13(12-14-8-6-5-7-9-14)16-10-11-17-15(2,3)4/h5-9,13,16H,10-12H2,1-4H3. The molecule has 0 spiro atoms. The van der Waals surface area contributed by atoms with Gasteiger partial charge in [0.1, 0.15) is 0 Å². The van der Waals surface area contributed by atoms with Gasteiger partial charge in [0.15, 0.2) is 0 Å². The number of nitrogens with one attached hydrogen (secondary N) is 1. The molecule has 0 amide bonds. The van der Waals surface area contributed by atoms with Gasteiger partial charge in [-0.25, -0.2) is 0 Å². The molecule has 0 saturated carbocycles. The maximum absolute atomic E-state index is 5.67. The summed E-state index contributed by atoms with van der Waals surface area (Å²) in [4.78, 5) is 0. The van der Waals surface area contributed by atoms with Gasteiger partial charge in [0.2, 0.25) is 0 Å². The van der Waals surface area contributed by atoms with Crippen LogP contribution in [0.15, 0.2) is 30.3 Å². The van der Waals surface area contributed by atoms with E-state index in [1.165, 1.54) is 5.56 Å². The summed E-state index contributed by atoms with van der Waals surface area (Å²) in [6.07, 6.45) is 1.07. The molecule has 0 fully saturated rings. The van der Waals surface area contributed by atoms with Crippen molar-refractivity contribution in [2.45, 2.75) is 45.8 Å². The average molecular weight is 235 g/mol. The second-order valence-electron chi connectivity index (χ2n) is 5.51. The number of rotatable bonds is 6. The van der Waals surface area contributed by atoms with Crippen LogP contribution in [0, 0.1) is 0 Å². The fourth-order valence-electron chi connectivity index (χ4n) is 1.70. The van der Waals surface area contributed by atoms with Crippen LogP contribution in [0.4, 0.5) is 0 Å². The van der Waals surface area contributed by atoms with Crippen LogP contribution in [0.5, 0.6) is 0 Å². The van der Waals surface area contributed by atoms with Gasteiger partial charge in [-0.15, -0.1) is 0 Å². The Morgan fingerprint density at radius 3 is 2.41 bits per heavy atom. The van der Waals surface area contributed by atoms with Crippen molar-refractivity contribution in [1.29, 1.82) is 0 Å². The lowest BCUT2D eigenvalue weighted by molar-refractivity contribution is -0.00147. The molecule has 17 heavy (non-hydrogen) atoms. The minimum absolute atomic E-state index is 0.0374. The van der Waals surface area contributed by atoms with E-state index in [1.807, 2.05) is 0 Å². The Hall–Kier alpha value is -0.860. The highest BCUT2D eigenvalue weighted by Crippen LogP contribution is 2.06. The molecule has 0 bridgehead atoms. The van der Waals surface area contributed by atoms with Gasteiger partial charge in [-0.2, -0.15) is 0 Å². The van der Waals surface area contributed by atoms with E-state index >= 15 is 0 Å². The normalized spacial score (nSPS) is 13.6. The molecule has 96 valence electrons. The Labute approximate surface area is 105 Å². The van der Waals surface area contributed by atoms with Gasteiger partial charge in [0.25, 0.3) is 0 Å². The van der Waals surface area contributed by atoms with E-state index in [-0.39, 0.29) is 5.60 Å². The summed E-state index contributed by atoms with van der Waals surface area (Å²) in [5.41, 5.74) is 1.34. The average Bonchev–Trinajstić information content (AvgIpc) is 2.25. The van der Waals surface area contributed by atoms with Crippen LogP contribution < -0.4 is 5.32 Å². The fraction of sp³-hybridized carbons (Fsp3) is 0.600. The summed E-state index contributed by atoms with van der Waals surface area (Å²) in [6.45, 7) is 10.1. The second kappa shape index (κ2) is 6.77. The zero-order valence-corrected chi connectivity index (χ0v) is 11.5. The van der Waals surface area contributed by atoms with Crippen LogP contribution >= 0.6 is 0 Å². The largest absolute Gasteiger partial charge is 0.375 e. The fourth-order valence-corrected chi connectivity index (χ4v) is 1.70. The minimum atomic E-state index is -0.0374. The third kappa shape index (κ3) is 7.14. The Kier molecular flexibility index (Phi) is 5.66. The Balaban J connectivity index is 2.16. The number of benzene rings is 1. The van der Waals surface area contributed by atoms with Gasteiger partial charge in [-0.05, 0) is 39.7 Å². The maximum Gasteiger partial charge on any atom is 0.0599 e. The molecule has 2 heteroatoms. The lowest BCUT2D eigenvalue weighted by atomic mass is 10.1. The van der Waals surface area contributed by atoms with Crippen molar-refractivity contribution >= 4 is 0 Å². The van der Waals surface area contributed by atoms with Gasteiger partial charge < -0.3 is 10.1 Å². The number of hydrogen-bond donors (Lipinski definition) is 1. The van der Waals surface area contributed by atoms with Crippen molar-refractivity contribution in [2.24, 2.45) is 0 Å². The smallest absolute Gasteiger partial charge is 0.0599 e. The minimum Gasteiger partial charge on any atom is -0.375 e. The maximum atomic E-state index is 5.67. The predicted molar refractivity (Wildman–Crippen MR) is 73.3 cm³/mol. The third-order valence-electron chi connectivity index (χ3n) is 2.51. The lowest BCUT2D eigenvalue weighted by Crippen LogP contribution is -2.33. The van der Waals surface area contributed by atoms with Crippen LogP contribution in [-0.2, 0) is 11.2 Å². The van der Waals surface area contributed by atoms with Gasteiger partial charge in [-0.1, -0.05) is 30.3 Å². The van der Waals surface area contributed by atoms with Crippen molar-refractivity contribution in [3.05, 3.63) is 35.9 Å². The van der Waals surface area contributed by atoms with Crippen LogP contribution in [-0.4, -0.2) is 24.8 Å². The Morgan fingerprint density at radius 2 is 1.82 bits per heavy atom. The highest BCUT2D eigenvalue weighted by Gasteiger charge is 2.09. The first kappa shape index (κ1) is 14.2. The molecule has 0 heterocycles. The molecule has 1 rings (SSSR count). The van der Waals surface area contributed by atoms with Gasteiger partial charge in [0.05, 0.1) is 12.2 Å². The third-order valence-corrected chi connectivity index (χ3v) is 2.51. The number of ether oxygens (including phenoxy) is 1. The van der Waals surface area contributed by atoms with E-state index in [9.17, 15) is 0 Å². The zero-order chi connectivity index (χ0) is 12.7. The van der Waals surface area contributed by atoms with Crippen LogP contribution in [0.1, 0.15) is 33.3 Å². The summed E-state index contributed by atoms with van der Waals surface area (Å²) >= 11 is 0. The summed E-state index contributed by atoms with van der Waals surface area (Å²) in [5, 5.41) is 3.48. The molecular formula is C15H25NO. The topological polar surface area (TPSA) is 21.3 Å². The first-order valence-electron chi connectivity index (χ1n) is 6.38. The van der Waals surface area contributed by atoms with Crippen LogP contribution in [0.3, 0.4) is 0 Å². The van der Waals surface area contributed by atoms with Crippen molar-refractivity contribution in [3.8, 4) is 0 Å². The molecule has 1 unspecified atom stereocenters. The molecule has 1 aromatic rings. The first-order valence-corrected chi connectivity index (χ1v) is 6.38.